The first-order chi connectivity index (χ1) is 12.6. The highest BCUT2D eigenvalue weighted by atomic mass is 35.5. The van der Waals surface area contributed by atoms with E-state index in [2.05, 4.69) is 30.9 Å². The molecule has 1 aliphatic carbocycles. The van der Waals surface area contributed by atoms with Crippen LogP contribution in [0.5, 0.6) is 0 Å². The molecule has 1 saturated carbocycles. The Hall–Kier alpha value is -2.94. The number of benzene rings is 1. The Morgan fingerprint density at radius 1 is 1.42 bits per heavy atom. The van der Waals surface area contributed by atoms with Gasteiger partial charge in [-0.15, -0.1) is 0 Å². The van der Waals surface area contributed by atoms with Gasteiger partial charge in [0.05, 0.1) is 10.7 Å². The average molecular weight is 374 g/mol. The number of carbonyl (C=O) groups is 1. The van der Waals surface area contributed by atoms with Gasteiger partial charge in [-0.3, -0.25) is 0 Å². The summed E-state index contributed by atoms with van der Waals surface area (Å²) < 4.78 is 6.76. The van der Waals surface area contributed by atoms with Gasteiger partial charge in [-0.2, -0.15) is 10.1 Å². The number of hydrogen-bond donors (Lipinski definition) is 2. The molecule has 1 fully saturated rings. The van der Waals surface area contributed by atoms with Gasteiger partial charge in [0.1, 0.15) is 18.7 Å². The summed E-state index contributed by atoms with van der Waals surface area (Å²) in [5, 5.41) is 13.9. The van der Waals surface area contributed by atoms with Crippen molar-refractivity contribution in [2.45, 2.75) is 31.7 Å². The number of urea groups is 1. The van der Waals surface area contributed by atoms with Crippen LogP contribution in [-0.4, -0.2) is 30.9 Å². The van der Waals surface area contributed by atoms with Crippen molar-refractivity contribution in [3.8, 4) is 5.69 Å². The summed E-state index contributed by atoms with van der Waals surface area (Å²) in [6.45, 7) is 1.78. The molecule has 2 aromatic heterocycles. The van der Waals surface area contributed by atoms with E-state index in [4.69, 9.17) is 16.1 Å². The second-order valence-electron chi connectivity index (χ2n) is 6.09. The zero-order chi connectivity index (χ0) is 18.1. The highest BCUT2D eigenvalue weighted by Gasteiger charge is 2.29. The van der Waals surface area contributed by atoms with Crippen LogP contribution in [0, 0.1) is 0 Å². The number of hydrogen-bond acceptors (Lipinski definition) is 6. The maximum absolute atomic E-state index is 12.2. The highest BCUT2D eigenvalue weighted by molar-refractivity contribution is 6.32. The molecule has 0 bridgehead atoms. The molecule has 134 valence electrons. The van der Waals surface area contributed by atoms with E-state index in [1.165, 1.54) is 6.33 Å². The monoisotopic (exact) mass is 373 g/mol. The molecule has 4 rings (SSSR count). The first-order valence-corrected chi connectivity index (χ1v) is 8.53. The van der Waals surface area contributed by atoms with Crippen molar-refractivity contribution in [1.82, 2.24) is 30.2 Å². The Morgan fingerprint density at radius 2 is 2.27 bits per heavy atom. The van der Waals surface area contributed by atoms with Crippen LogP contribution in [-0.2, 0) is 0 Å². The number of aromatic nitrogens is 5. The van der Waals surface area contributed by atoms with Crippen LogP contribution in [0.15, 0.2) is 35.4 Å². The van der Waals surface area contributed by atoms with Crippen molar-refractivity contribution < 1.29 is 9.32 Å². The molecule has 0 spiro atoms. The van der Waals surface area contributed by atoms with Crippen LogP contribution in [0.25, 0.3) is 5.69 Å². The standard InChI is InChI=1S/C16H16ClN7O2/c1-9(15-22-14(23-26-15)10-2-3-10)20-16(25)21-11-4-5-13(12(17)6-11)24-8-18-7-19-24/h4-10H,2-3H2,1H3,(H2,20,21,25). The number of rotatable bonds is 5. The third kappa shape index (κ3) is 3.52. The maximum Gasteiger partial charge on any atom is 0.319 e. The molecular weight excluding hydrogens is 358 g/mol. The normalized spacial score (nSPS) is 14.8. The summed E-state index contributed by atoms with van der Waals surface area (Å²) in [4.78, 5) is 20.4. The fourth-order valence-electron chi connectivity index (χ4n) is 2.46. The lowest BCUT2D eigenvalue weighted by Crippen LogP contribution is -2.31. The van der Waals surface area contributed by atoms with Gasteiger partial charge in [-0.1, -0.05) is 16.8 Å². The van der Waals surface area contributed by atoms with Crippen molar-refractivity contribution >= 4 is 23.3 Å². The molecule has 2 N–H and O–H groups in total. The van der Waals surface area contributed by atoms with E-state index in [0.717, 1.165) is 12.8 Å². The molecule has 1 atom stereocenters. The quantitative estimate of drug-likeness (QED) is 0.711. The molecule has 10 heteroatoms. The largest absolute Gasteiger partial charge is 0.337 e. The SMILES string of the molecule is CC(NC(=O)Nc1ccc(-n2cncn2)c(Cl)c1)c1nc(C2CC2)no1. The number of anilines is 1. The van der Waals surface area contributed by atoms with Crippen LogP contribution >= 0.6 is 11.6 Å². The fraction of sp³-hybridized carbons (Fsp3) is 0.312. The molecule has 2 amide bonds. The second-order valence-corrected chi connectivity index (χ2v) is 6.50. The van der Waals surface area contributed by atoms with E-state index in [1.54, 1.807) is 36.1 Å². The third-order valence-electron chi connectivity index (χ3n) is 3.99. The van der Waals surface area contributed by atoms with Gasteiger partial charge < -0.3 is 15.2 Å². The van der Waals surface area contributed by atoms with Crippen LogP contribution < -0.4 is 10.6 Å². The van der Waals surface area contributed by atoms with E-state index in [0.29, 0.717) is 34.0 Å². The lowest BCUT2D eigenvalue weighted by atomic mass is 10.3. The van der Waals surface area contributed by atoms with Gasteiger partial charge in [0, 0.05) is 11.6 Å². The minimum absolute atomic E-state index is 0.390. The van der Waals surface area contributed by atoms with Crippen molar-refractivity contribution in [3.63, 3.8) is 0 Å². The van der Waals surface area contributed by atoms with Crippen LogP contribution in [0.3, 0.4) is 0 Å². The molecule has 3 aromatic rings. The van der Waals surface area contributed by atoms with Gasteiger partial charge in [-0.25, -0.2) is 14.5 Å². The predicted molar refractivity (Wildman–Crippen MR) is 93.2 cm³/mol. The number of halogens is 1. The summed E-state index contributed by atoms with van der Waals surface area (Å²) >= 11 is 6.25. The first-order valence-electron chi connectivity index (χ1n) is 8.15. The van der Waals surface area contributed by atoms with Gasteiger partial charge in [0.25, 0.3) is 0 Å². The summed E-state index contributed by atoms with van der Waals surface area (Å²) in [5.41, 5.74) is 1.22. The minimum atomic E-state index is -0.403. The molecule has 2 heterocycles. The van der Waals surface area contributed by atoms with Gasteiger partial charge in [0.15, 0.2) is 5.82 Å². The fourth-order valence-corrected chi connectivity index (χ4v) is 2.73. The molecule has 9 nitrogen and oxygen atoms in total. The zero-order valence-corrected chi connectivity index (χ0v) is 14.6. The molecule has 26 heavy (non-hydrogen) atoms. The summed E-state index contributed by atoms with van der Waals surface area (Å²) in [6, 6.07) is 4.31. The van der Waals surface area contributed by atoms with E-state index >= 15 is 0 Å². The summed E-state index contributed by atoms with van der Waals surface area (Å²) in [5.74, 6) is 1.50. The van der Waals surface area contributed by atoms with E-state index < -0.39 is 12.1 Å². The topological polar surface area (TPSA) is 111 Å². The summed E-state index contributed by atoms with van der Waals surface area (Å²) in [6.07, 6.45) is 5.14. The lowest BCUT2D eigenvalue weighted by Gasteiger charge is -2.12. The van der Waals surface area contributed by atoms with Crippen molar-refractivity contribution in [2.24, 2.45) is 0 Å². The molecular formula is C16H16ClN7O2. The molecule has 0 saturated heterocycles. The van der Waals surface area contributed by atoms with Gasteiger partial charge in [-0.05, 0) is 38.0 Å². The first kappa shape index (κ1) is 16.5. The lowest BCUT2D eigenvalue weighted by molar-refractivity contribution is 0.245. The molecule has 0 aliphatic heterocycles. The number of carbonyl (C=O) groups excluding carboxylic acids is 1. The van der Waals surface area contributed by atoms with E-state index in [9.17, 15) is 4.79 Å². The average Bonchev–Trinajstić information content (AvgIpc) is 3.11. The smallest absolute Gasteiger partial charge is 0.319 e. The molecule has 0 radical (unpaired) electrons. The van der Waals surface area contributed by atoms with Crippen LogP contribution in [0.4, 0.5) is 10.5 Å². The number of nitrogens with zero attached hydrogens (tertiary/aromatic N) is 5. The summed E-state index contributed by atoms with van der Waals surface area (Å²) in [7, 11) is 0. The van der Waals surface area contributed by atoms with Crippen LogP contribution in [0.1, 0.15) is 43.4 Å². The Bertz CT molecular complexity index is 921. The van der Waals surface area contributed by atoms with Crippen molar-refractivity contribution in [3.05, 3.63) is 47.6 Å². The Morgan fingerprint density at radius 3 is 2.96 bits per heavy atom. The molecule has 1 aromatic carbocycles. The molecule has 1 unspecified atom stereocenters. The minimum Gasteiger partial charge on any atom is -0.337 e. The Kier molecular flexibility index (Phi) is 4.29. The maximum atomic E-state index is 12.2. The number of nitrogens with one attached hydrogen (secondary N) is 2. The molecule has 1 aliphatic rings. The Labute approximate surface area is 153 Å². The van der Waals surface area contributed by atoms with Crippen LogP contribution in [0.2, 0.25) is 5.02 Å². The van der Waals surface area contributed by atoms with Crippen molar-refractivity contribution in [1.29, 1.82) is 0 Å². The van der Waals surface area contributed by atoms with E-state index in [-0.39, 0.29) is 0 Å². The number of amides is 2. The zero-order valence-electron chi connectivity index (χ0n) is 13.9. The second kappa shape index (κ2) is 6.75. The predicted octanol–water partition coefficient (Wildman–Crippen LogP) is 3.06. The third-order valence-corrected chi connectivity index (χ3v) is 4.29. The van der Waals surface area contributed by atoms with Gasteiger partial charge in [0.2, 0.25) is 5.89 Å². The highest BCUT2D eigenvalue weighted by Crippen LogP contribution is 2.38. The van der Waals surface area contributed by atoms with Crippen molar-refractivity contribution in [2.75, 3.05) is 5.32 Å². The van der Waals surface area contributed by atoms with E-state index in [1.807, 2.05) is 0 Å². The Balaban J connectivity index is 1.38. The van der Waals surface area contributed by atoms with Gasteiger partial charge >= 0.3 is 6.03 Å².